The molecule has 3 aromatic rings. The lowest BCUT2D eigenvalue weighted by Crippen LogP contribution is -2.44. The number of allylic oxidation sites excluding steroid dienone is 1. The molecule has 0 unspecified atom stereocenters. The van der Waals surface area contributed by atoms with Crippen molar-refractivity contribution in [3.05, 3.63) is 59.6 Å². The molecule has 27 heavy (non-hydrogen) atoms. The van der Waals surface area contributed by atoms with E-state index in [1.807, 2.05) is 6.20 Å². The third-order valence-electron chi connectivity index (χ3n) is 4.70. The molecular formula is C20H21N5OS. The van der Waals surface area contributed by atoms with Crippen LogP contribution in [0, 0.1) is 0 Å². The summed E-state index contributed by atoms with van der Waals surface area (Å²) in [6, 6.07) is 5.77. The number of piperazine rings is 1. The summed E-state index contributed by atoms with van der Waals surface area (Å²) in [5.74, 6) is 0.999. The topological polar surface area (TPSA) is 62.2 Å². The first kappa shape index (κ1) is 17.6. The molecule has 3 aromatic heterocycles. The van der Waals surface area contributed by atoms with Gasteiger partial charge in [-0.25, -0.2) is 9.97 Å². The van der Waals surface area contributed by atoms with Crippen LogP contribution in [0.15, 0.2) is 49.2 Å². The normalized spacial score (nSPS) is 15.0. The first-order valence-corrected chi connectivity index (χ1v) is 9.91. The molecule has 0 radical (unpaired) electrons. The van der Waals surface area contributed by atoms with Gasteiger partial charge in [-0.1, -0.05) is 6.92 Å². The maximum absolute atomic E-state index is 12.2. The molecule has 0 bridgehead atoms. The summed E-state index contributed by atoms with van der Waals surface area (Å²) in [6.45, 7) is 5.61. The van der Waals surface area contributed by atoms with Crippen LogP contribution < -0.4 is 4.90 Å². The number of thiophene rings is 1. The molecule has 1 aliphatic rings. The summed E-state index contributed by atoms with van der Waals surface area (Å²) in [7, 11) is 0. The number of hydrogen-bond acceptors (Lipinski definition) is 7. The Bertz CT molecular complexity index is 961. The minimum Gasteiger partial charge on any atom is -0.374 e. The fourth-order valence-corrected chi connectivity index (χ4v) is 4.11. The number of aryl methyl sites for hydroxylation is 1. The van der Waals surface area contributed by atoms with Crippen LogP contribution in [-0.4, -0.2) is 51.8 Å². The number of nitrogens with zero attached hydrogens (tertiary/aromatic N) is 5. The average Bonchev–Trinajstić information content (AvgIpc) is 3.16. The van der Waals surface area contributed by atoms with Crippen molar-refractivity contribution in [2.45, 2.75) is 13.3 Å². The molecule has 1 saturated heterocycles. The Kier molecular flexibility index (Phi) is 5.11. The lowest BCUT2D eigenvalue weighted by Gasteiger charge is -2.35. The molecular weight excluding hydrogens is 358 g/mol. The fraction of sp³-hybridized carbons (Fsp3) is 0.300. The summed E-state index contributed by atoms with van der Waals surface area (Å²) in [5, 5.41) is 1.15. The number of aromatic nitrogens is 3. The van der Waals surface area contributed by atoms with Crippen LogP contribution in [0.2, 0.25) is 0 Å². The van der Waals surface area contributed by atoms with Crippen LogP contribution in [0.5, 0.6) is 0 Å². The summed E-state index contributed by atoms with van der Waals surface area (Å²) in [6.07, 6.45) is 9.46. The second-order valence-electron chi connectivity index (χ2n) is 6.43. The molecule has 4 heterocycles. The number of ketones is 1. The zero-order valence-corrected chi connectivity index (χ0v) is 16.0. The van der Waals surface area contributed by atoms with Crippen molar-refractivity contribution in [2.75, 3.05) is 31.1 Å². The zero-order chi connectivity index (χ0) is 18.6. The molecule has 138 valence electrons. The van der Waals surface area contributed by atoms with Gasteiger partial charge in [0.2, 0.25) is 0 Å². The Balaban J connectivity index is 1.41. The van der Waals surface area contributed by atoms with E-state index in [9.17, 15) is 4.79 Å². The van der Waals surface area contributed by atoms with Gasteiger partial charge in [0.05, 0.1) is 5.39 Å². The number of carbonyl (C=O) groups excluding carboxylic acids is 1. The second-order valence-corrected chi connectivity index (χ2v) is 7.54. The molecule has 0 aliphatic carbocycles. The highest BCUT2D eigenvalue weighted by Gasteiger charge is 2.19. The molecule has 7 heteroatoms. The van der Waals surface area contributed by atoms with Crippen LogP contribution in [-0.2, 0) is 6.42 Å². The van der Waals surface area contributed by atoms with E-state index in [4.69, 9.17) is 0 Å². The van der Waals surface area contributed by atoms with Gasteiger partial charge in [-0.2, -0.15) is 0 Å². The molecule has 0 spiro atoms. The van der Waals surface area contributed by atoms with Gasteiger partial charge < -0.3 is 9.80 Å². The second kappa shape index (κ2) is 7.84. The molecule has 0 aromatic carbocycles. The highest BCUT2D eigenvalue weighted by Crippen LogP contribution is 2.30. The monoisotopic (exact) mass is 379 g/mol. The van der Waals surface area contributed by atoms with Crippen LogP contribution >= 0.6 is 11.3 Å². The Labute approximate surface area is 162 Å². The number of anilines is 1. The van der Waals surface area contributed by atoms with Gasteiger partial charge in [-0.15, -0.1) is 11.3 Å². The van der Waals surface area contributed by atoms with E-state index >= 15 is 0 Å². The molecule has 1 aliphatic heterocycles. The quantitative estimate of drug-likeness (QED) is 0.501. The Morgan fingerprint density at radius 1 is 1.26 bits per heavy atom. The van der Waals surface area contributed by atoms with E-state index in [2.05, 4.69) is 37.7 Å². The Hall–Kier alpha value is -2.80. The van der Waals surface area contributed by atoms with Crippen molar-refractivity contribution >= 4 is 33.2 Å². The standard InChI is InChI=1S/C20H21N5OS/c1-2-16-12-17-19(22-14-23-20(17)27-16)25-10-8-24(9-11-25)7-5-18(26)15-4-3-6-21-13-15/h3-7,12-14H,2,8-11H2,1H3. The van der Waals surface area contributed by atoms with Crippen molar-refractivity contribution in [1.82, 2.24) is 19.9 Å². The van der Waals surface area contributed by atoms with Gasteiger partial charge in [0.1, 0.15) is 17.0 Å². The van der Waals surface area contributed by atoms with Gasteiger partial charge in [-0.05, 0) is 24.6 Å². The van der Waals surface area contributed by atoms with Gasteiger partial charge >= 0.3 is 0 Å². The lowest BCUT2D eigenvalue weighted by molar-refractivity contribution is 0.104. The molecule has 0 amide bonds. The van der Waals surface area contributed by atoms with Crippen LogP contribution in [0.4, 0.5) is 5.82 Å². The van der Waals surface area contributed by atoms with E-state index in [0.29, 0.717) is 5.56 Å². The predicted octanol–water partition coefficient (Wildman–Crippen LogP) is 3.17. The van der Waals surface area contributed by atoms with Crippen molar-refractivity contribution in [2.24, 2.45) is 0 Å². The van der Waals surface area contributed by atoms with Crippen molar-refractivity contribution in [3.8, 4) is 0 Å². The minimum atomic E-state index is -0.0200. The molecule has 4 rings (SSSR count). The van der Waals surface area contributed by atoms with Gasteiger partial charge in [0.15, 0.2) is 5.78 Å². The summed E-state index contributed by atoms with van der Waals surface area (Å²) in [4.78, 5) is 32.0. The number of pyridine rings is 1. The highest BCUT2D eigenvalue weighted by atomic mass is 32.1. The van der Waals surface area contributed by atoms with Crippen LogP contribution in [0.1, 0.15) is 22.2 Å². The largest absolute Gasteiger partial charge is 0.374 e. The minimum absolute atomic E-state index is 0.0200. The number of hydrogen-bond donors (Lipinski definition) is 0. The van der Waals surface area contributed by atoms with E-state index in [1.54, 1.807) is 48.3 Å². The van der Waals surface area contributed by atoms with Gasteiger partial charge in [-0.3, -0.25) is 9.78 Å². The van der Waals surface area contributed by atoms with Crippen LogP contribution in [0.3, 0.4) is 0 Å². The maximum Gasteiger partial charge on any atom is 0.188 e. The van der Waals surface area contributed by atoms with Crippen molar-refractivity contribution in [3.63, 3.8) is 0 Å². The third kappa shape index (κ3) is 3.83. The van der Waals surface area contributed by atoms with E-state index in [-0.39, 0.29) is 5.78 Å². The summed E-state index contributed by atoms with van der Waals surface area (Å²) in [5.41, 5.74) is 0.611. The fourth-order valence-electron chi connectivity index (χ4n) is 3.18. The van der Waals surface area contributed by atoms with E-state index in [0.717, 1.165) is 48.6 Å². The molecule has 6 nitrogen and oxygen atoms in total. The van der Waals surface area contributed by atoms with Gasteiger partial charge in [0, 0.05) is 61.3 Å². The van der Waals surface area contributed by atoms with Gasteiger partial charge in [0.25, 0.3) is 0 Å². The zero-order valence-electron chi connectivity index (χ0n) is 15.2. The number of carbonyl (C=O) groups is 1. The first-order valence-electron chi connectivity index (χ1n) is 9.09. The molecule has 0 saturated carbocycles. The average molecular weight is 379 g/mol. The summed E-state index contributed by atoms with van der Waals surface area (Å²) < 4.78 is 0. The predicted molar refractivity (Wildman–Crippen MR) is 108 cm³/mol. The smallest absolute Gasteiger partial charge is 0.188 e. The molecule has 0 atom stereocenters. The number of rotatable bonds is 5. The Morgan fingerprint density at radius 2 is 2.11 bits per heavy atom. The summed E-state index contributed by atoms with van der Waals surface area (Å²) >= 11 is 1.74. The maximum atomic E-state index is 12.2. The van der Waals surface area contributed by atoms with Crippen LogP contribution in [0.25, 0.3) is 10.2 Å². The third-order valence-corrected chi connectivity index (χ3v) is 5.89. The number of fused-ring (bicyclic) bond motifs is 1. The van der Waals surface area contributed by atoms with Crippen molar-refractivity contribution in [1.29, 1.82) is 0 Å². The molecule has 1 fully saturated rings. The SMILES string of the molecule is CCc1cc2c(N3CCN(C=CC(=O)c4cccnc4)CC3)ncnc2s1. The highest BCUT2D eigenvalue weighted by molar-refractivity contribution is 7.18. The molecule has 0 N–H and O–H groups in total. The Morgan fingerprint density at radius 3 is 2.85 bits per heavy atom. The van der Waals surface area contributed by atoms with Crippen molar-refractivity contribution < 1.29 is 4.79 Å². The first-order chi connectivity index (χ1) is 13.2. The lowest BCUT2D eigenvalue weighted by atomic mass is 10.2. The van der Waals surface area contributed by atoms with E-state index < -0.39 is 0 Å². The van der Waals surface area contributed by atoms with E-state index in [1.165, 1.54) is 4.88 Å².